The van der Waals surface area contributed by atoms with Crippen LogP contribution >= 0.6 is 0 Å². The van der Waals surface area contributed by atoms with Crippen molar-refractivity contribution in [3.05, 3.63) is 11.8 Å². The van der Waals surface area contributed by atoms with Gasteiger partial charge in [-0.25, -0.2) is 4.79 Å². The van der Waals surface area contributed by atoms with Crippen molar-refractivity contribution in [2.45, 2.75) is 78.0 Å². The van der Waals surface area contributed by atoms with Gasteiger partial charge in [0.25, 0.3) is 0 Å². The molecular formula is C17H30N4O3. The van der Waals surface area contributed by atoms with Crippen LogP contribution in [-0.4, -0.2) is 34.5 Å². The Labute approximate surface area is 143 Å². The molecule has 0 aromatic carbocycles. The molecule has 1 heterocycles. The normalized spacial score (nSPS) is 17.0. The van der Waals surface area contributed by atoms with Crippen LogP contribution in [0.25, 0.3) is 0 Å². The minimum absolute atomic E-state index is 0.178. The summed E-state index contributed by atoms with van der Waals surface area (Å²) in [4.78, 5) is 11.9. The predicted octanol–water partition coefficient (Wildman–Crippen LogP) is 2.81. The van der Waals surface area contributed by atoms with E-state index < -0.39 is 5.60 Å². The zero-order chi connectivity index (χ0) is 17.6. The maximum Gasteiger partial charge on any atom is 0.407 e. The average molecular weight is 338 g/mol. The third kappa shape index (κ3) is 6.11. The first-order valence-corrected chi connectivity index (χ1v) is 8.89. The number of nitrogens with one attached hydrogen (secondary N) is 2. The molecule has 1 aromatic rings. The molecule has 0 bridgehead atoms. The Balaban J connectivity index is 1.86. The van der Waals surface area contributed by atoms with Crippen LogP contribution < -0.4 is 10.6 Å². The Morgan fingerprint density at radius 1 is 1.29 bits per heavy atom. The summed E-state index contributed by atoms with van der Waals surface area (Å²) in [5, 5.41) is 14.4. The summed E-state index contributed by atoms with van der Waals surface area (Å²) in [6.45, 7) is 8.62. The number of carbonyl (C=O) groups is 1. The first kappa shape index (κ1) is 18.7. The van der Waals surface area contributed by atoms with Gasteiger partial charge >= 0.3 is 6.09 Å². The molecule has 1 fully saturated rings. The Kier molecular flexibility index (Phi) is 6.60. The van der Waals surface area contributed by atoms with Crippen molar-refractivity contribution in [3.63, 3.8) is 0 Å². The fraction of sp³-hybridized carbons (Fsp3) is 0.824. The van der Waals surface area contributed by atoms with Crippen molar-refractivity contribution in [3.8, 4) is 0 Å². The zero-order valence-corrected chi connectivity index (χ0v) is 15.2. The second kappa shape index (κ2) is 8.46. The number of ether oxygens (including phenoxy) is 1. The molecule has 0 aliphatic heterocycles. The number of carbonyl (C=O) groups excluding carboxylic acids is 1. The van der Waals surface area contributed by atoms with Crippen LogP contribution in [0.1, 0.15) is 65.2 Å². The molecule has 1 amide bonds. The number of alkyl carbamates (subject to hydrolysis) is 1. The van der Waals surface area contributed by atoms with Gasteiger partial charge in [-0.15, -0.1) is 10.2 Å². The second-order valence-corrected chi connectivity index (χ2v) is 7.36. The molecule has 0 saturated heterocycles. The highest BCUT2D eigenvalue weighted by Gasteiger charge is 2.26. The van der Waals surface area contributed by atoms with Gasteiger partial charge in [0.05, 0.1) is 6.54 Å². The van der Waals surface area contributed by atoms with Crippen molar-refractivity contribution < 1.29 is 13.9 Å². The molecule has 1 aliphatic carbocycles. The number of hydrogen-bond donors (Lipinski definition) is 2. The number of aryl methyl sites for hydroxylation is 1. The summed E-state index contributed by atoms with van der Waals surface area (Å²) in [7, 11) is 0. The van der Waals surface area contributed by atoms with Crippen molar-refractivity contribution >= 4 is 6.09 Å². The molecule has 1 atom stereocenters. The second-order valence-electron chi connectivity index (χ2n) is 7.36. The lowest BCUT2D eigenvalue weighted by Gasteiger charge is -2.26. The van der Waals surface area contributed by atoms with Gasteiger partial charge in [-0.05, 0) is 39.5 Å². The van der Waals surface area contributed by atoms with Gasteiger partial charge in [0.2, 0.25) is 11.8 Å². The molecule has 2 rings (SSSR count). The first-order chi connectivity index (χ1) is 11.4. The van der Waals surface area contributed by atoms with Crippen LogP contribution in [0.2, 0.25) is 0 Å². The molecule has 1 aliphatic rings. The Bertz CT molecular complexity index is 518. The van der Waals surface area contributed by atoms with Crippen LogP contribution in [0.3, 0.4) is 0 Å². The van der Waals surface area contributed by atoms with Gasteiger partial charge in [0.1, 0.15) is 5.60 Å². The number of aromatic nitrogens is 2. The fourth-order valence-corrected chi connectivity index (χ4v) is 2.99. The van der Waals surface area contributed by atoms with E-state index in [1.807, 2.05) is 27.7 Å². The Hall–Kier alpha value is -1.63. The van der Waals surface area contributed by atoms with Gasteiger partial charge in [0, 0.05) is 19.0 Å². The molecule has 7 heteroatoms. The maximum atomic E-state index is 11.9. The van der Waals surface area contributed by atoms with E-state index in [4.69, 9.17) is 9.15 Å². The first-order valence-electron chi connectivity index (χ1n) is 8.89. The highest BCUT2D eigenvalue weighted by Crippen LogP contribution is 2.27. The minimum Gasteiger partial charge on any atom is -0.444 e. The van der Waals surface area contributed by atoms with Crippen LogP contribution in [0.15, 0.2) is 4.42 Å². The van der Waals surface area contributed by atoms with E-state index in [0.717, 1.165) is 6.42 Å². The van der Waals surface area contributed by atoms with E-state index in [1.54, 1.807) is 0 Å². The molecule has 0 spiro atoms. The SMILES string of the molecule is CCc1nnc(CN[C@@H](CNC(=O)OC(C)(C)C)C2CCCC2)o1. The summed E-state index contributed by atoms with van der Waals surface area (Å²) < 4.78 is 10.9. The van der Waals surface area contributed by atoms with Gasteiger partial charge in [0.15, 0.2) is 0 Å². The summed E-state index contributed by atoms with van der Waals surface area (Å²) >= 11 is 0. The molecule has 0 unspecified atom stereocenters. The third-order valence-corrected chi connectivity index (χ3v) is 4.16. The van der Waals surface area contributed by atoms with Crippen molar-refractivity contribution in [1.82, 2.24) is 20.8 Å². The van der Waals surface area contributed by atoms with Crippen LogP contribution in [-0.2, 0) is 17.7 Å². The zero-order valence-electron chi connectivity index (χ0n) is 15.2. The van der Waals surface area contributed by atoms with E-state index >= 15 is 0 Å². The molecule has 24 heavy (non-hydrogen) atoms. The van der Waals surface area contributed by atoms with E-state index in [-0.39, 0.29) is 12.1 Å². The Morgan fingerprint density at radius 2 is 1.96 bits per heavy atom. The maximum absolute atomic E-state index is 11.9. The van der Waals surface area contributed by atoms with Crippen molar-refractivity contribution in [2.75, 3.05) is 6.54 Å². The molecule has 1 saturated carbocycles. The standard InChI is InChI=1S/C17H30N4O3/c1-5-14-20-21-15(23-14)11-18-13(12-8-6-7-9-12)10-19-16(22)24-17(2,3)4/h12-13,18H,5-11H2,1-4H3,(H,19,22)/t13-/m0/s1. The monoisotopic (exact) mass is 338 g/mol. The van der Waals surface area contributed by atoms with Gasteiger partial charge < -0.3 is 19.8 Å². The molecule has 0 radical (unpaired) electrons. The molecule has 136 valence electrons. The quantitative estimate of drug-likeness (QED) is 0.794. The molecule has 1 aromatic heterocycles. The van der Waals surface area contributed by atoms with E-state index in [1.165, 1.54) is 25.7 Å². The fourth-order valence-electron chi connectivity index (χ4n) is 2.99. The third-order valence-electron chi connectivity index (χ3n) is 4.16. The number of nitrogens with zero attached hydrogens (tertiary/aromatic N) is 2. The smallest absolute Gasteiger partial charge is 0.407 e. The van der Waals surface area contributed by atoms with Crippen molar-refractivity contribution in [2.24, 2.45) is 5.92 Å². The van der Waals surface area contributed by atoms with Gasteiger partial charge in [-0.3, -0.25) is 0 Å². The van der Waals surface area contributed by atoms with Crippen LogP contribution in [0.5, 0.6) is 0 Å². The van der Waals surface area contributed by atoms with E-state index in [9.17, 15) is 4.79 Å². The summed E-state index contributed by atoms with van der Waals surface area (Å²) in [5.41, 5.74) is -0.485. The summed E-state index contributed by atoms with van der Waals surface area (Å²) in [5.74, 6) is 1.79. The summed E-state index contributed by atoms with van der Waals surface area (Å²) in [6, 6.07) is 0.178. The Morgan fingerprint density at radius 3 is 2.54 bits per heavy atom. The molecule has 2 N–H and O–H groups in total. The predicted molar refractivity (Wildman–Crippen MR) is 90.5 cm³/mol. The molecular weight excluding hydrogens is 308 g/mol. The topological polar surface area (TPSA) is 89.3 Å². The van der Waals surface area contributed by atoms with Gasteiger partial charge in [-0.1, -0.05) is 19.8 Å². The van der Waals surface area contributed by atoms with E-state index in [0.29, 0.717) is 30.8 Å². The minimum atomic E-state index is -0.485. The van der Waals surface area contributed by atoms with Crippen LogP contribution in [0, 0.1) is 5.92 Å². The average Bonchev–Trinajstić information content (AvgIpc) is 3.16. The summed E-state index contributed by atoms with van der Waals surface area (Å²) in [6.07, 6.45) is 5.21. The lowest BCUT2D eigenvalue weighted by atomic mass is 9.98. The van der Waals surface area contributed by atoms with Gasteiger partial charge in [-0.2, -0.15) is 0 Å². The largest absolute Gasteiger partial charge is 0.444 e. The highest BCUT2D eigenvalue weighted by molar-refractivity contribution is 5.67. The number of hydrogen-bond acceptors (Lipinski definition) is 6. The molecule has 7 nitrogen and oxygen atoms in total. The lowest BCUT2D eigenvalue weighted by Crippen LogP contribution is -2.45. The van der Waals surface area contributed by atoms with Crippen molar-refractivity contribution in [1.29, 1.82) is 0 Å². The van der Waals surface area contributed by atoms with E-state index in [2.05, 4.69) is 20.8 Å². The lowest BCUT2D eigenvalue weighted by molar-refractivity contribution is 0.0518. The number of rotatable bonds is 7. The van der Waals surface area contributed by atoms with Crippen LogP contribution in [0.4, 0.5) is 4.79 Å². The number of amides is 1. The highest BCUT2D eigenvalue weighted by atomic mass is 16.6.